The molecular weight excluding hydrogens is 460 g/mol. The van der Waals surface area contributed by atoms with Crippen LogP contribution < -0.4 is 5.63 Å². The number of benzene rings is 2. The Morgan fingerprint density at radius 2 is 1.91 bits per heavy atom. The van der Waals surface area contributed by atoms with Crippen molar-refractivity contribution in [3.8, 4) is 17.3 Å². The standard InChI is InChI=1S/C23H12N4O6S/c24-12-15(6-3-5-14-4-1-2-7-20(14)27(31)32)22-25-19(13-34-22)18-11-16-10-17(26(29)30)8-9-21(16)33-23(18)28/h1-11,13H/b5-3+,15-6+. The lowest BCUT2D eigenvalue weighted by Crippen LogP contribution is -2.03. The van der Waals surface area contributed by atoms with E-state index in [1.807, 2.05) is 6.07 Å². The third-order valence-corrected chi connectivity index (χ3v) is 5.61. The van der Waals surface area contributed by atoms with E-state index in [1.54, 1.807) is 23.6 Å². The van der Waals surface area contributed by atoms with Crippen LogP contribution in [0.5, 0.6) is 0 Å². The summed E-state index contributed by atoms with van der Waals surface area (Å²) in [6.45, 7) is 0. The van der Waals surface area contributed by atoms with Gasteiger partial charge < -0.3 is 4.42 Å². The van der Waals surface area contributed by atoms with Crippen LogP contribution in [-0.4, -0.2) is 14.8 Å². The van der Waals surface area contributed by atoms with E-state index >= 15 is 0 Å². The molecule has 2 heterocycles. The maximum atomic E-state index is 12.4. The predicted octanol–water partition coefficient (Wildman–Crippen LogP) is 5.35. The highest BCUT2D eigenvalue weighted by Gasteiger charge is 2.15. The first-order valence-electron chi connectivity index (χ1n) is 9.58. The summed E-state index contributed by atoms with van der Waals surface area (Å²) in [5, 5.41) is 34.0. The summed E-state index contributed by atoms with van der Waals surface area (Å²) in [4.78, 5) is 37.9. The summed E-state index contributed by atoms with van der Waals surface area (Å²) in [5.41, 5.74) is 0.242. The molecule has 0 saturated carbocycles. The third kappa shape index (κ3) is 4.47. The number of para-hydroxylation sites is 1. The van der Waals surface area contributed by atoms with Gasteiger partial charge in [-0.3, -0.25) is 20.2 Å². The Morgan fingerprint density at radius 3 is 2.65 bits per heavy atom. The third-order valence-electron chi connectivity index (χ3n) is 4.73. The van der Waals surface area contributed by atoms with Crippen molar-refractivity contribution < 1.29 is 14.3 Å². The molecule has 0 fully saturated rings. The fourth-order valence-electron chi connectivity index (χ4n) is 3.12. The van der Waals surface area contributed by atoms with Crippen molar-refractivity contribution in [2.24, 2.45) is 0 Å². The minimum Gasteiger partial charge on any atom is -0.422 e. The number of hydrogen-bond donors (Lipinski definition) is 0. The zero-order valence-electron chi connectivity index (χ0n) is 17.1. The molecule has 2 aromatic carbocycles. The minimum atomic E-state index is -0.669. The molecule has 4 aromatic rings. The Morgan fingerprint density at radius 1 is 1.12 bits per heavy atom. The molecule has 0 saturated heterocycles. The van der Waals surface area contributed by atoms with Gasteiger partial charge in [0.25, 0.3) is 11.4 Å². The maximum absolute atomic E-state index is 12.4. The Labute approximate surface area is 194 Å². The first kappa shape index (κ1) is 22.3. The molecule has 0 N–H and O–H groups in total. The van der Waals surface area contributed by atoms with Gasteiger partial charge >= 0.3 is 5.63 Å². The molecule has 0 radical (unpaired) electrons. The van der Waals surface area contributed by atoms with Gasteiger partial charge in [0.05, 0.1) is 32.2 Å². The summed E-state index contributed by atoms with van der Waals surface area (Å²) in [6.07, 6.45) is 4.48. The van der Waals surface area contributed by atoms with Crippen LogP contribution in [0.3, 0.4) is 0 Å². The van der Waals surface area contributed by atoms with Gasteiger partial charge in [-0.05, 0) is 30.4 Å². The number of nitro benzene ring substituents is 2. The van der Waals surface area contributed by atoms with Crippen LogP contribution in [0.2, 0.25) is 0 Å². The fourth-order valence-corrected chi connectivity index (χ4v) is 3.92. The first-order chi connectivity index (χ1) is 16.4. The van der Waals surface area contributed by atoms with E-state index in [2.05, 4.69) is 4.98 Å². The molecule has 4 rings (SSSR count). The van der Waals surface area contributed by atoms with Gasteiger partial charge in [0.15, 0.2) is 0 Å². The fraction of sp³-hybridized carbons (Fsp3) is 0. The summed E-state index contributed by atoms with van der Waals surface area (Å²) < 4.78 is 5.26. The van der Waals surface area contributed by atoms with Crippen LogP contribution in [0, 0.1) is 31.6 Å². The number of nitrogens with zero attached hydrogens (tertiary/aromatic N) is 4. The predicted molar refractivity (Wildman–Crippen MR) is 126 cm³/mol. The lowest BCUT2D eigenvalue weighted by Gasteiger charge is -2.00. The summed E-state index contributed by atoms with van der Waals surface area (Å²) >= 11 is 1.12. The number of nitro groups is 2. The van der Waals surface area contributed by atoms with Crippen molar-refractivity contribution in [3.63, 3.8) is 0 Å². The Hall–Kier alpha value is -4.95. The van der Waals surface area contributed by atoms with Gasteiger partial charge in [-0.25, -0.2) is 9.78 Å². The molecule has 0 atom stereocenters. The molecular formula is C23H12N4O6S. The van der Waals surface area contributed by atoms with Crippen molar-refractivity contribution in [2.45, 2.75) is 0 Å². The quantitative estimate of drug-likeness (QED) is 0.120. The van der Waals surface area contributed by atoms with Crippen molar-refractivity contribution in [1.29, 1.82) is 5.26 Å². The minimum absolute atomic E-state index is 0.0644. The lowest BCUT2D eigenvalue weighted by atomic mass is 10.1. The second-order valence-corrected chi connectivity index (χ2v) is 7.69. The van der Waals surface area contributed by atoms with E-state index in [4.69, 9.17) is 4.42 Å². The smallest absolute Gasteiger partial charge is 0.345 e. The summed E-state index contributed by atoms with van der Waals surface area (Å²) in [7, 11) is 0. The maximum Gasteiger partial charge on any atom is 0.345 e. The van der Waals surface area contributed by atoms with E-state index in [0.29, 0.717) is 16.0 Å². The van der Waals surface area contributed by atoms with Crippen molar-refractivity contribution in [3.05, 3.63) is 107 Å². The molecule has 166 valence electrons. The number of non-ortho nitro benzene ring substituents is 1. The normalized spacial score (nSPS) is 11.6. The van der Waals surface area contributed by atoms with Crippen LogP contribution in [0.25, 0.3) is 33.9 Å². The lowest BCUT2D eigenvalue weighted by molar-refractivity contribution is -0.385. The van der Waals surface area contributed by atoms with Gasteiger partial charge in [0.2, 0.25) is 0 Å². The van der Waals surface area contributed by atoms with E-state index in [1.165, 1.54) is 48.6 Å². The van der Waals surface area contributed by atoms with Crippen molar-refractivity contribution in [2.75, 3.05) is 0 Å². The average Bonchev–Trinajstić information content (AvgIpc) is 3.31. The Balaban J connectivity index is 1.67. The largest absolute Gasteiger partial charge is 0.422 e. The number of aromatic nitrogens is 1. The molecule has 11 heteroatoms. The van der Waals surface area contributed by atoms with E-state index in [9.17, 15) is 30.3 Å². The zero-order chi connectivity index (χ0) is 24.2. The number of thiazole rings is 1. The number of nitriles is 1. The second-order valence-electron chi connectivity index (χ2n) is 6.83. The first-order valence-corrected chi connectivity index (χ1v) is 10.5. The van der Waals surface area contributed by atoms with Crippen molar-refractivity contribution in [1.82, 2.24) is 4.98 Å². The van der Waals surface area contributed by atoms with E-state index < -0.39 is 15.5 Å². The van der Waals surface area contributed by atoms with Crippen LogP contribution in [0.15, 0.2) is 75.3 Å². The molecule has 0 aliphatic carbocycles. The van der Waals surface area contributed by atoms with E-state index in [-0.39, 0.29) is 33.8 Å². The molecule has 2 aromatic heterocycles. The van der Waals surface area contributed by atoms with Crippen LogP contribution >= 0.6 is 11.3 Å². The average molecular weight is 472 g/mol. The molecule has 10 nitrogen and oxygen atoms in total. The molecule has 0 bridgehead atoms. The number of hydrogen-bond acceptors (Lipinski definition) is 9. The van der Waals surface area contributed by atoms with Gasteiger partial charge in [0, 0.05) is 29.0 Å². The van der Waals surface area contributed by atoms with Crippen LogP contribution in [0.4, 0.5) is 11.4 Å². The molecule has 0 amide bonds. The number of allylic oxidation sites excluding steroid dienone is 3. The van der Waals surface area contributed by atoms with Gasteiger partial charge in [0.1, 0.15) is 16.7 Å². The monoisotopic (exact) mass is 472 g/mol. The Kier molecular flexibility index (Phi) is 6.07. The number of rotatable bonds is 6. The SMILES string of the molecule is N#C/C(=C\C=C\c1ccccc1[N+](=O)[O-])c1nc(-c2cc3cc([N+](=O)[O-])ccc3oc2=O)cs1. The van der Waals surface area contributed by atoms with Gasteiger partial charge in [-0.2, -0.15) is 5.26 Å². The highest BCUT2D eigenvalue weighted by molar-refractivity contribution is 7.11. The van der Waals surface area contributed by atoms with Gasteiger partial charge in [-0.15, -0.1) is 11.3 Å². The highest BCUT2D eigenvalue weighted by Crippen LogP contribution is 2.28. The highest BCUT2D eigenvalue weighted by atomic mass is 32.1. The van der Waals surface area contributed by atoms with E-state index in [0.717, 1.165) is 11.3 Å². The molecule has 0 unspecified atom stereocenters. The molecule has 0 aliphatic rings. The topological polar surface area (TPSA) is 153 Å². The van der Waals surface area contributed by atoms with Crippen LogP contribution in [-0.2, 0) is 0 Å². The van der Waals surface area contributed by atoms with Crippen molar-refractivity contribution >= 4 is 45.3 Å². The Bertz CT molecular complexity index is 1610. The molecule has 0 spiro atoms. The summed E-state index contributed by atoms with van der Waals surface area (Å²) in [5.74, 6) is 0. The molecule has 0 aliphatic heterocycles. The summed E-state index contributed by atoms with van der Waals surface area (Å²) in [6, 6.07) is 13.6. The zero-order valence-corrected chi connectivity index (χ0v) is 17.9. The van der Waals surface area contributed by atoms with Crippen LogP contribution in [0.1, 0.15) is 10.6 Å². The second kappa shape index (κ2) is 9.27. The van der Waals surface area contributed by atoms with Gasteiger partial charge in [-0.1, -0.05) is 18.2 Å². The molecule has 34 heavy (non-hydrogen) atoms. The number of fused-ring (bicyclic) bond motifs is 1.